The molecule has 226 valence electrons. The lowest BCUT2D eigenvalue weighted by Gasteiger charge is -2.13. The zero-order valence-electron chi connectivity index (χ0n) is 24.1. The summed E-state index contributed by atoms with van der Waals surface area (Å²) >= 11 is 1.20. The summed E-state index contributed by atoms with van der Waals surface area (Å²) in [5.74, 6) is 1.23. The number of ether oxygens (including phenoxy) is 2. The van der Waals surface area contributed by atoms with Gasteiger partial charge in [-0.25, -0.2) is 12.7 Å². The van der Waals surface area contributed by atoms with E-state index in [1.54, 1.807) is 35.9 Å². The van der Waals surface area contributed by atoms with Gasteiger partial charge in [0.05, 0.1) is 30.9 Å². The molecule has 43 heavy (non-hydrogen) atoms. The first kappa shape index (κ1) is 31.5. The topological polar surface area (TPSA) is 145 Å². The van der Waals surface area contributed by atoms with Gasteiger partial charge in [-0.3, -0.25) is 14.2 Å². The van der Waals surface area contributed by atoms with Crippen LogP contribution in [0.3, 0.4) is 0 Å². The first-order valence-electron chi connectivity index (χ1n) is 13.2. The van der Waals surface area contributed by atoms with Crippen LogP contribution in [0.4, 0.5) is 5.69 Å². The van der Waals surface area contributed by atoms with Gasteiger partial charge in [0.2, 0.25) is 15.9 Å². The third-order valence-corrected chi connectivity index (χ3v) is 8.87. The lowest BCUT2D eigenvalue weighted by Crippen LogP contribution is -2.25. The molecule has 0 aliphatic heterocycles. The van der Waals surface area contributed by atoms with Crippen molar-refractivity contribution in [1.82, 2.24) is 24.4 Å². The van der Waals surface area contributed by atoms with Crippen LogP contribution >= 0.6 is 11.8 Å². The van der Waals surface area contributed by atoms with E-state index in [9.17, 15) is 18.0 Å². The molecule has 0 spiro atoms. The molecule has 0 aliphatic carbocycles. The Morgan fingerprint density at radius 2 is 1.58 bits per heavy atom. The molecule has 0 saturated carbocycles. The summed E-state index contributed by atoms with van der Waals surface area (Å²) in [5, 5.41) is 14.7. The number of carbonyl (C=O) groups is 2. The molecule has 2 N–H and O–H groups in total. The average molecular weight is 625 g/mol. The number of methoxy groups -OCH3 is 1. The number of benzene rings is 3. The van der Waals surface area contributed by atoms with Crippen LogP contribution in [0.15, 0.2) is 82.8 Å². The Labute approximate surface area is 254 Å². The first-order chi connectivity index (χ1) is 20.6. The monoisotopic (exact) mass is 624 g/mol. The minimum absolute atomic E-state index is 0.0232. The number of sulfonamides is 1. The van der Waals surface area contributed by atoms with Crippen LogP contribution in [0, 0.1) is 0 Å². The number of hydrogen-bond acceptors (Lipinski definition) is 9. The van der Waals surface area contributed by atoms with Gasteiger partial charge in [-0.15, -0.1) is 10.2 Å². The highest BCUT2D eigenvalue weighted by atomic mass is 32.2. The van der Waals surface area contributed by atoms with Gasteiger partial charge in [-0.05, 0) is 79.7 Å². The van der Waals surface area contributed by atoms with Gasteiger partial charge in [0.25, 0.3) is 5.91 Å². The fraction of sp³-hybridized carbons (Fsp3) is 0.241. The van der Waals surface area contributed by atoms with Crippen molar-refractivity contribution in [3.63, 3.8) is 0 Å². The molecule has 1 aromatic heterocycles. The molecule has 4 rings (SSSR count). The highest BCUT2D eigenvalue weighted by Crippen LogP contribution is 2.25. The Morgan fingerprint density at radius 1 is 0.930 bits per heavy atom. The molecule has 0 unspecified atom stereocenters. The summed E-state index contributed by atoms with van der Waals surface area (Å²) in [6.07, 6.45) is 0. The van der Waals surface area contributed by atoms with Crippen molar-refractivity contribution in [2.45, 2.75) is 23.5 Å². The molecule has 0 bridgehead atoms. The second kappa shape index (κ2) is 14.2. The van der Waals surface area contributed by atoms with Crippen molar-refractivity contribution in [2.24, 2.45) is 0 Å². The predicted octanol–water partition coefficient (Wildman–Crippen LogP) is 3.59. The fourth-order valence-electron chi connectivity index (χ4n) is 3.88. The normalized spacial score (nSPS) is 11.3. The van der Waals surface area contributed by atoms with Gasteiger partial charge in [-0.2, -0.15) is 0 Å². The van der Waals surface area contributed by atoms with Crippen molar-refractivity contribution in [1.29, 1.82) is 0 Å². The number of amides is 2. The summed E-state index contributed by atoms with van der Waals surface area (Å²) in [7, 11) is 0.841. The molecule has 12 nitrogen and oxygen atoms in total. The number of aromatic nitrogens is 3. The molecule has 0 aliphatic rings. The summed E-state index contributed by atoms with van der Waals surface area (Å²) < 4.78 is 38.2. The number of nitrogens with one attached hydrogen (secondary N) is 2. The standard InChI is InChI=1S/C29H32N6O6S2/c1-5-41-24-14-10-22(11-15-24)35-26(18-30-28(37)20-6-16-25(17-7-20)43(38,39)34(2)3)32-33-29(35)42-19-27(36)31-21-8-12-23(40-4)13-9-21/h6-17H,5,18-19H2,1-4H3,(H,30,37)(H,31,36). The van der Waals surface area contributed by atoms with E-state index in [1.807, 2.05) is 31.2 Å². The largest absolute Gasteiger partial charge is 0.497 e. The highest BCUT2D eigenvalue weighted by molar-refractivity contribution is 7.99. The van der Waals surface area contributed by atoms with Gasteiger partial charge in [0, 0.05) is 31.0 Å². The van der Waals surface area contributed by atoms with E-state index >= 15 is 0 Å². The molecule has 14 heteroatoms. The van der Waals surface area contributed by atoms with Crippen LogP contribution in [0.2, 0.25) is 0 Å². The Balaban J connectivity index is 1.49. The molecule has 3 aromatic carbocycles. The average Bonchev–Trinajstić information content (AvgIpc) is 3.42. The molecular formula is C29H32N6O6S2. The van der Waals surface area contributed by atoms with Crippen LogP contribution in [-0.2, 0) is 21.4 Å². The first-order valence-corrected chi connectivity index (χ1v) is 15.6. The van der Waals surface area contributed by atoms with Crippen LogP contribution in [-0.4, -0.2) is 72.9 Å². The van der Waals surface area contributed by atoms with Crippen molar-refractivity contribution in [2.75, 3.05) is 38.9 Å². The lowest BCUT2D eigenvalue weighted by atomic mass is 10.2. The van der Waals surface area contributed by atoms with Gasteiger partial charge in [0.15, 0.2) is 11.0 Å². The lowest BCUT2D eigenvalue weighted by molar-refractivity contribution is -0.113. The third kappa shape index (κ3) is 7.91. The highest BCUT2D eigenvalue weighted by Gasteiger charge is 2.19. The summed E-state index contributed by atoms with van der Waals surface area (Å²) in [6.45, 7) is 2.44. The molecule has 0 fully saturated rings. The van der Waals surface area contributed by atoms with E-state index in [4.69, 9.17) is 9.47 Å². The fourth-order valence-corrected chi connectivity index (χ4v) is 5.55. The number of carbonyl (C=O) groups excluding carboxylic acids is 2. The summed E-state index contributed by atoms with van der Waals surface area (Å²) in [4.78, 5) is 25.7. The van der Waals surface area contributed by atoms with Crippen molar-refractivity contribution < 1.29 is 27.5 Å². The minimum atomic E-state index is -3.61. The molecule has 0 saturated heterocycles. The Kier molecular flexibility index (Phi) is 10.4. The molecular weight excluding hydrogens is 592 g/mol. The minimum Gasteiger partial charge on any atom is -0.497 e. The maximum atomic E-state index is 12.9. The summed E-state index contributed by atoms with van der Waals surface area (Å²) in [6, 6.07) is 20.0. The van der Waals surface area contributed by atoms with Gasteiger partial charge in [0.1, 0.15) is 11.5 Å². The van der Waals surface area contributed by atoms with E-state index in [0.29, 0.717) is 40.5 Å². The zero-order chi connectivity index (χ0) is 31.0. The number of nitrogens with zero attached hydrogens (tertiary/aromatic N) is 4. The van der Waals surface area contributed by atoms with E-state index < -0.39 is 15.9 Å². The van der Waals surface area contributed by atoms with Gasteiger partial charge in [-0.1, -0.05) is 11.8 Å². The Morgan fingerprint density at radius 3 is 2.19 bits per heavy atom. The van der Waals surface area contributed by atoms with E-state index in [2.05, 4.69) is 20.8 Å². The van der Waals surface area contributed by atoms with Crippen molar-refractivity contribution in [3.05, 3.63) is 84.2 Å². The number of thioether (sulfide) groups is 1. The van der Waals surface area contributed by atoms with Crippen LogP contribution < -0.4 is 20.1 Å². The maximum Gasteiger partial charge on any atom is 0.251 e. The van der Waals surface area contributed by atoms with Crippen LogP contribution in [0.25, 0.3) is 5.69 Å². The molecule has 1 heterocycles. The molecule has 2 amide bonds. The number of rotatable bonds is 13. The van der Waals surface area contributed by atoms with Gasteiger partial charge < -0.3 is 20.1 Å². The number of anilines is 1. The zero-order valence-corrected chi connectivity index (χ0v) is 25.7. The SMILES string of the molecule is CCOc1ccc(-n2c(CNC(=O)c3ccc(S(=O)(=O)N(C)C)cc3)nnc2SCC(=O)Nc2ccc(OC)cc2)cc1. The second-order valence-corrected chi connectivity index (χ2v) is 12.3. The van der Waals surface area contributed by atoms with Crippen molar-refractivity contribution >= 4 is 39.3 Å². The van der Waals surface area contributed by atoms with Crippen molar-refractivity contribution in [3.8, 4) is 17.2 Å². The molecule has 4 aromatic rings. The van der Waals surface area contributed by atoms with E-state index in [1.165, 1.54) is 50.1 Å². The number of hydrogen-bond donors (Lipinski definition) is 2. The van der Waals surface area contributed by atoms with E-state index in [0.717, 1.165) is 4.31 Å². The Bertz CT molecular complexity index is 1660. The quantitative estimate of drug-likeness (QED) is 0.213. The molecule has 0 radical (unpaired) electrons. The van der Waals surface area contributed by atoms with Crippen LogP contribution in [0.5, 0.6) is 11.5 Å². The predicted molar refractivity (Wildman–Crippen MR) is 163 cm³/mol. The molecule has 0 atom stereocenters. The van der Waals surface area contributed by atoms with Crippen LogP contribution in [0.1, 0.15) is 23.1 Å². The maximum absolute atomic E-state index is 12.9. The van der Waals surface area contributed by atoms with E-state index in [-0.39, 0.29) is 28.7 Å². The summed E-state index contributed by atoms with van der Waals surface area (Å²) in [5.41, 5.74) is 1.64. The Hall–Kier alpha value is -4.40. The third-order valence-electron chi connectivity index (χ3n) is 6.11. The smallest absolute Gasteiger partial charge is 0.251 e. The second-order valence-electron chi connectivity index (χ2n) is 9.22. The van der Waals surface area contributed by atoms with Gasteiger partial charge >= 0.3 is 0 Å².